The second kappa shape index (κ2) is 4.87. The maximum absolute atomic E-state index is 12.1. The summed E-state index contributed by atoms with van der Waals surface area (Å²) >= 11 is 0. The Morgan fingerprint density at radius 1 is 1.44 bits per heavy atom. The van der Waals surface area contributed by atoms with Crippen LogP contribution in [-0.4, -0.2) is 25.8 Å². The van der Waals surface area contributed by atoms with Crippen LogP contribution in [0.1, 0.15) is 31.4 Å². The van der Waals surface area contributed by atoms with E-state index in [0.29, 0.717) is 5.69 Å². The molecule has 0 heterocycles. The lowest BCUT2D eigenvalue weighted by atomic mass is 10.1. The molecule has 6 heteroatoms. The molecule has 1 aliphatic carbocycles. The minimum absolute atomic E-state index is 0.116. The summed E-state index contributed by atoms with van der Waals surface area (Å²) in [5.74, 6) is 0. The van der Waals surface area contributed by atoms with Crippen molar-refractivity contribution in [3.63, 3.8) is 0 Å². The molecule has 1 saturated carbocycles. The molecule has 0 bridgehead atoms. The van der Waals surface area contributed by atoms with Gasteiger partial charge in [0.15, 0.2) is 0 Å². The molecule has 1 fully saturated rings. The number of hydrogen-bond donors (Lipinski definition) is 2. The molecular weight excluding hydrogens is 250 g/mol. The molecule has 100 valence electrons. The summed E-state index contributed by atoms with van der Waals surface area (Å²) in [5, 5.41) is 0. The van der Waals surface area contributed by atoms with Crippen LogP contribution in [0.5, 0.6) is 0 Å². The van der Waals surface area contributed by atoms with E-state index in [1.807, 2.05) is 19.1 Å². The van der Waals surface area contributed by atoms with E-state index in [2.05, 4.69) is 4.72 Å². The lowest BCUT2D eigenvalue weighted by Gasteiger charge is -2.25. The molecule has 0 spiro atoms. The zero-order chi connectivity index (χ0) is 13.3. The summed E-state index contributed by atoms with van der Waals surface area (Å²) in [6.07, 6.45) is 1.86. The van der Waals surface area contributed by atoms with E-state index in [1.54, 1.807) is 19.2 Å². The van der Waals surface area contributed by atoms with Gasteiger partial charge in [0.05, 0.1) is 0 Å². The average Bonchev–Trinajstić information content (AvgIpc) is 3.10. The lowest BCUT2D eigenvalue weighted by Crippen LogP contribution is -2.40. The maximum atomic E-state index is 12.1. The summed E-state index contributed by atoms with van der Waals surface area (Å²) < 4.78 is 28.1. The zero-order valence-electron chi connectivity index (χ0n) is 10.6. The van der Waals surface area contributed by atoms with Crippen LogP contribution >= 0.6 is 0 Å². The summed E-state index contributed by atoms with van der Waals surface area (Å²) in [5.41, 5.74) is 7.24. The Balaban J connectivity index is 2.14. The summed E-state index contributed by atoms with van der Waals surface area (Å²) in [4.78, 5) is 0. The summed E-state index contributed by atoms with van der Waals surface area (Å²) in [7, 11) is -1.83. The maximum Gasteiger partial charge on any atom is 0.279 e. The first kappa shape index (κ1) is 13.3. The fourth-order valence-corrected chi connectivity index (χ4v) is 3.09. The average molecular weight is 269 g/mol. The van der Waals surface area contributed by atoms with Gasteiger partial charge in [-0.25, -0.2) is 0 Å². The molecular formula is C12H19N3O2S. The van der Waals surface area contributed by atoms with Crippen LogP contribution in [0.4, 0.5) is 5.69 Å². The molecule has 2 rings (SSSR count). The van der Waals surface area contributed by atoms with E-state index < -0.39 is 10.2 Å². The minimum atomic E-state index is -3.41. The molecule has 0 aromatic heterocycles. The number of rotatable bonds is 5. The predicted molar refractivity (Wildman–Crippen MR) is 72.1 cm³/mol. The molecule has 0 saturated heterocycles. The number of nitrogens with zero attached hydrogens (tertiary/aromatic N) is 1. The first-order chi connectivity index (χ1) is 8.40. The highest BCUT2D eigenvalue weighted by molar-refractivity contribution is 7.87. The van der Waals surface area contributed by atoms with Gasteiger partial charge in [0, 0.05) is 24.8 Å². The number of nitrogens with one attached hydrogen (secondary N) is 1. The molecule has 5 nitrogen and oxygen atoms in total. The molecule has 0 amide bonds. The van der Waals surface area contributed by atoms with Crippen molar-refractivity contribution in [3.05, 3.63) is 29.8 Å². The van der Waals surface area contributed by atoms with Crippen LogP contribution in [0.3, 0.4) is 0 Å². The third kappa shape index (κ3) is 3.01. The van der Waals surface area contributed by atoms with E-state index in [0.717, 1.165) is 18.4 Å². The van der Waals surface area contributed by atoms with Crippen LogP contribution in [0.2, 0.25) is 0 Å². The van der Waals surface area contributed by atoms with Crippen molar-refractivity contribution in [2.75, 3.05) is 12.8 Å². The highest BCUT2D eigenvalue weighted by Gasteiger charge is 2.31. The quantitative estimate of drug-likeness (QED) is 0.790. The van der Waals surface area contributed by atoms with E-state index in [1.165, 1.54) is 4.31 Å². The monoisotopic (exact) mass is 269 g/mol. The Hall–Kier alpha value is -1.11. The first-order valence-corrected chi connectivity index (χ1v) is 7.45. The smallest absolute Gasteiger partial charge is 0.279 e. The molecule has 3 N–H and O–H groups in total. The molecule has 18 heavy (non-hydrogen) atoms. The number of anilines is 1. The van der Waals surface area contributed by atoms with Crippen molar-refractivity contribution in [3.8, 4) is 0 Å². The fourth-order valence-electron chi connectivity index (χ4n) is 1.73. The standard InChI is InChI=1S/C12H19N3O2S/c1-9(10-4-3-5-11(13)8-10)15(2)18(16,17)14-12-6-7-12/h3-5,8-9,12,14H,6-7,13H2,1-2H3. The molecule has 0 radical (unpaired) electrons. The predicted octanol–water partition coefficient (Wildman–Crippen LogP) is 1.26. The summed E-state index contributed by atoms with van der Waals surface area (Å²) in [6, 6.07) is 7.16. The van der Waals surface area contributed by atoms with Crippen molar-refractivity contribution < 1.29 is 8.42 Å². The van der Waals surface area contributed by atoms with Gasteiger partial charge in [0.1, 0.15) is 0 Å². The van der Waals surface area contributed by atoms with Gasteiger partial charge in [-0.15, -0.1) is 0 Å². The third-order valence-electron chi connectivity index (χ3n) is 3.21. The van der Waals surface area contributed by atoms with Gasteiger partial charge in [-0.1, -0.05) is 12.1 Å². The normalized spacial score (nSPS) is 17.9. The van der Waals surface area contributed by atoms with E-state index in [-0.39, 0.29) is 12.1 Å². The second-order valence-electron chi connectivity index (χ2n) is 4.76. The first-order valence-electron chi connectivity index (χ1n) is 6.01. The van der Waals surface area contributed by atoms with Gasteiger partial charge in [0.25, 0.3) is 10.2 Å². The molecule has 1 atom stereocenters. The Morgan fingerprint density at radius 3 is 2.67 bits per heavy atom. The largest absolute Gasteiger partial charge is 0.399 e. The number of benzene rings is 1. The van der Waals surface area contributed by atoms with Crippen LogP contribution in [0, 0.1) is 0 Å². The van der Waals surface area contributed by atoms with Gasteiger partial charge in [-0.05, 0) is 37.5 Å². The van der Waals surface area contributed by atoms with Crippen molar-refractivity contribution in [2.24, 2.45) is 0 Å². The highest BCUT2D eigenvalue weighted by Crippen LogP contribution is 2.25. The van der Waals surface area contributed by atoms with E-state index in [4.69, 9.17) is 5.73 Å². The molecule has 1 aromatic carbocycles. The Bertz CT molecular complexity index is 526. The van der Waals surface area contributed by atoms with Crippen LogP contribution in [0.15, 0.2) is 24.3 Å². The molecule has 1 unspecified atom stereocenters. The second-order valence-corrected chi connectivity index (χ2v) is 6.52. The van der Waals surface area contributed by atoms with Crippen molar-refractivity contribution in [1.29, 1.82) is 0 Å². The molecule has 1 aliphatic rings. The highest BCUT2D eigenvalue weighted by atomic mass is 32.2. The van der Waals surface area contributed by atoms with Crippen molar-refractivity contribution in [2.45, 2.75) is 31.8 Å². The van der Waals surface area contributed by atoms with Gasteiger partial charge in [-0.3, -0.25) is 0 Å². The SMILES string of the molecule is CC(c1cccc(N)c1)N(C)S(=O)(=O)NC1CC1. The van der Waals surface area contributed by atoms with Gasteiger partial charge in [0.2, 0.25) is 0 Å². The zero-order valence-corrected chi connectivity index (χ0v) is 11.4. The van der Waals surface area contributed by atoms with Crippen LogP contribution < -0.4 is 10.5 Å². The third-order valence-corrected chi connectivity index (χ3v) is 4.92. The van der Waals surface area contributed by atoms with Crippen molar-refractivity contribution in [1.82, 2.24) is 9.03 Å². The van der Waals surface area contributed by atoms with Crippen LogP contribution in [0.25, 0.3) is 0 Å². The molecule has 0 aliphatic heterocycles. The summed E-state index contributed by atoms with van der Waals surface area (Å²) in [6.45, 7) is 1.85. The van der Waals surface area contributed by atoms with E-state index in [9.17, 15) is 8.42 Å². The molecule has 1 aromatic rings. The van der Waals surface area contributed by atoms with Crippen molar-refractivity contribution >= 4 is 15.9 Å². The van der Waals surface area contributed by atoms with Gasteiger partial charge >= 0.3 is 0 Å². The number of nitrogen functional groups attached to an aromatic ring is 1. The van der Waals surface area contributed by atoms with Gasteiger partial charge in [-0.2, -0.15) is 17.4 Å². The number of hydrogen-bond acceptors (Lipinski definition) is 3. The van der Waals surface area contributed by atoms with Gasteiger partial charge < -0.3 is 5.73 Å². The lowest BCUT2D eigenvalue weighted by molar-refractivity contribution is 0.390. The fraction of sp³-hybridized carbons (Fsp3) is 0.500. The number of nitrogens with two attached hydrogens (primary N) is 1. The Morgan fingerprint density at radius 2 is 2.11 bits per heavy atom. The van der Waals surface area contributed by atoms with E-state index >= 15 is 0 Å². The minimum Gasteiger partial charge on any atom is -0.399 e. The Kier molecular flexibility index (Phi) is 3.61. The Labute approximate surface area is 108 Å². The van der Waals surface area contributed by atoms with Crippen LogP contribution in [-0.2, 0) is 10.2 Å². The topological polar surface area (TPSA) is 75.4 Å².